The van der Waals surface area contributed by atoms with Crippen LogP contribution in [0.2, 0.25) is 0 Å². The maximum atomic E-state index is 12.1. The summed E-state index contributed by atoms with van der Waals surface area (Å²) < 4.78 is 5.20. The van der Waals surface area contributed by atoms with Crippen molar-refractivity contribution >= 4 is 21.9 Å². The number of ether oxygens (including phenoxy) is 1. The minimum Gasteiger partial charge on any atom is -0.465 e. The second kappa shape index (κ2) is 4.58. The highest BCUT2D eigenvalue weighted by Gasteiger charge is 2.61. The summed E-state index contributed by atoms with van der Waals surface area (Å²) in [5.41, 5.74) is 0.693. The summed E-state index contributed by atoms with van der Waals surface area (Å²) in [7, 11) is 0. The van der Waals surface area contributed by atoms with Gasteiger partial charge in [-0.05, 0) is 24.8 Å². The molecule has 0 radical (unpaired) electrons. The Kier molecular flexibility index (Phi) is 3.33. The normalized spacial score (nSPS) is 27.5. The van der Waals surface area contributed by atoms with Crippen LogP contribution in [-0.2, 0) is 14.9 Å². The van der Waals surface area contributed by atoms with Crippen molar-refractivity contribution in [2.24, 2.45) is 5.92 Å². The van der Waals surface area contributed by atoms with Crippen molar-refractivity contribution in [2.75, 3.05) is 11.9 Å². The zero-order chi connectivity index (χ0) is 11.6. The molecule has 2 rings (SSSR count). The first-order valence-corrected chi connectivity index (χ1v) is 6.66. The Morgan fingerprint density at radius 2 is 2.19 bits per heavy atom. The molecule has 0 spiro atoms. The first-order valence-electron chi connectivity index (χ1n) is 5.54. The number of hydrogen-bond donors (Lipinski definition) is 0. The minimum absolute atomic E-state index is 0.0781. The molecule has 1 aromatic carbocycles. The summed E-state index contributed by atoms with van der Waals surface area (Å²) in [6.45, 7) is 2.30. The summed E-state index contributed by atoms with van der Waals surface area (Å²) in [5.74, 6) is 0.291. The lowest BCUT2D eigenvalue weighted by atomic mass is 9.94. The van der Waals surface area contributed by atoms with Gasteiger partial charge in [0.25, 0.3) is 0 Å². The third kappa shape index (κ3) is 1.77. The van der Waals surface area contributed by atoms with Crippen LogP contribution in [0.15, 0.2) is 30.3 Å². The Balaban J connectivity index is 2.28. The fourth-order valence-corrected chi connectivity index (χ4v) is 3.01. The van der Waals surface area contributed by atoms with Gasteiger partial charge in [0.1, 0.15) is 0 Å². The third-order valence-electron chi connectivity index (χ3n) is 3.22. The van der Waals surface area contributed by atoms with Crippen LogP contribution in [0.25, 0.3) is 0 Å². The van der Waals surface area contributed by atoms with Gasteiger partial charge in [-0.3, -0.25) is 4.79 Å². The number of rotatable bonds is 4. The van der Waals surface area contributed by atoms with Crippen LogP contribution in [0.3, 0.4) is 0 Å². The van der Waals surface area contributed by atoms with E-state index in [0.717, 1.165) is 17.3 Å². The van der Waals surface area contributed by atoms with Crippen LogP contribution in [-0.4, -0.2) is 17.9 Å². The number of hydrogen-bond acceptors (Lipinski definition) is 2. The molecular weight excluding hydrogens is 268 g/mol. The molecule has 0 N–H and O–H groups in total. The average molecular weight is 283 g/mol. The van der Waals surface area contributed by atoms with Gasteiger partial charge in [-0.2, -0.15) is 0 Å². The fourth-order valence-electron chi connectivity index (χ4n) is 2.23. The van der Waals surface area contributed by atoms with E-state index >= 15 is 0 Å². The van der Waals surface area contributed by atoms with Crippen LogP contribution >= 0.6 is 15.9 Å². The number of carbonyl (C=O) groups is 1. The van der Waals surface area contributed by atoms with Crippen molar-refractivity contribution in [2.45, 2.75) is 18.8 Å². The smallest absolute Gasteiger partial charge is 0.316 e. The molecule has 2 nitrogen and oxygen atoms in total. The van der Waals surface area contributed by atoms with Crippen molar-refractivity contribution in [3.63, 3.8) is 0 Å². The molecule has 0 heterocycles. The second-order valence-corrected chi connectivity index (χ2v) is 4.76. The first-order chi connectivity index (χ1) is 7.75. The maximum absolute atomic E-state index is 12.1. The zero-order valence-electron chi connectivity index (χ0n) is 9.28. The Labute approximate surface area is 104 Å². The van der Waals surface area contributed by atoms with Crippen LogP contribution in [0, 0.1) is 5.92 Å². The summed E-state index contributed by atoms with van der Waals surface area (Å²) in [5, 5.41) is 0.848. The molecule has 0 amide bonds. The molecule has 0 aromatic heterocycles. The molecule has 0 unspecified atom stereocenters. The van der Waals surface area contributed by atoms with Crippen LogP contribution < -0.4 is 0 Å². The molecule has 1 aliphatic rings. The van der Waals surface area contributed by atoms with Gasteiger partial charge in [0.05, 0.1) is 12.0 Å². The lowest BCUT2D eigenvalue weighted by Gasteiger charge is -2.15. The Morgan fingerprint density at radius 3 is 2.69 bits per heavy atom. The minimum atomic E-state index is -0.388. The molecule has 0 aliphatic heterocycles. The highest BCUT2D eigenvalue weighted by atomic mass is 79.9. The molecule has 1 aromatic rings. The molecule has 86 valence electrons. The first kappa shape index (κ1) is 11.6. The van der Waals surface area contributed by atoms with E-state index in [1.54, 1.807) is 0 Å². The van der Waals surface area contributed by atoms with Gasteiger partial charge in [-0.1, -0.05) is 46.3 Å². The number of benzene rings is 1. The largest absolute Gasteiger partial charge is 0.465 e. The highest BCUT2D eigenvalue weighted by Crippen LogP contribution is 2.55. The predicted molar refractivity (Wildman–Crippen MR) is 66.7 cm³/mol. The average Bonchev–Trinajstić information content (AvgIpc) is 3.06. The van der Waals surface area contributed by atoms with Crippen molar-refractivity contribution in [3.8, 4) is 0 Å². The molecule has 0 bridgehead atoms. The molecule has 1 saturated carbocycles. The molecule has 2 atom stereocenters. The zero-order valence-corrected chi connectivity index (χ0v) is 10.9. The van der Waals surface area contributed by atoms with E-state index in [1.165, 1.54) is 0 Å². The van der Waals surface area contributed by atoms with Crippen molar-refractivity contribution in [1.29, 1.82) is 0 Å². The van der Waals surface area contributed by atoms with E-state index in [-0.39, 0.29) is 11.4 Å². The summed E-state index contributed by atoms with van der Waals surface area (Å²) >= 11 is 3.46. The highest BCUT2D eigenvalue weighted by molar-refractivity contribution is 9.09. The quantitative estimate of drug-likeness (QED) is 0.627. The van der Waals surface area contributed by atoms with Gasteiger partial charge in [-0.25, -0.2) is 0 Å². The summed E-state index contributed by atoms with van der Waals surface area (Å²) in [6, 6.07) is 9.94. The second-order valence-electron chi connectivity index (χ2n) is 4.11. The van der Waals surface area contributed by atoms with E-state index in [9.17, 15) is 4.79 Å². The van der Waals surface area contributed by atoms with Crippen molar-refractivity contribution < 1.29 is 9.53 Å². The maximum Gasteiger partial charge on any atom is 0.316 e. The van der Waals surface area contributed by atoms with E-state index in [2.05, 4.69) is 15.9 Å². The Bertz CT molecular complexity index is 377. The number of halogens is 1. The fraction of sp³-hybridized carbons (Fsp3) is 0.462. The van der Waals surface area contributed by atoms with Gasteiger partial charge in [0.15, 0.2) is 0 Å². The number of alkyl halides is 1. The Morgan fingerprint density at radius 1 is 1.50 bits per heavy atom. The lowest BCUT2D eigenvalue weighted by molar-refractivity contribution is -0.146. The van der Waals surface area contributed by atoms with E-state index in [4.69, 9.17) is 4.74 Å². The van der Waals surface area contributed by atoms with Gasteiger partial charge < -0.3 is 4.74 Å². The molecular formula is C13H15BrO2. The molecule has 0 saturated heterocycles. The van der Waals surface area contributed by atoms with Crippen LogP contribution in [0.4, 0.5) is 0 Å². The number of carbonyl (C=O) groups excluding carboxylic acids is 1. The van der Waals surface area contributed by atoms with Crippen LogP contribution in [0.1, 0.15) is 18.9 Å². The number of esters is 1. The summed E-state index contributed by atoms with van der Waals surface area (Å²) in [4.78, 5) is 12.1. The van der Waals surface area contributed by atoms with E-state index in [0.29, 0.717) is 12.5 Å². The Hall–Kier alpha value is -0.830. The topological polar surface area (TPSA) is 26.3 Å². The van der Waals surface area contributed by atoms with Gasteiger partial charge in [0, 0.05) is 5.33 Å². The van der Waals surface area contributed by atoms with E-state index < -0.39 is 0 Å². The molecule has 1 fully saturated rings. The SMILES string of the molecule is CCOC(=O)[C@@]1(c2ccccc2)C[C@H]1CBr. The van der Waals surface area contributed by atoms with Crippen molar-refractivity contribution in [1.82, 2.24) is 0 Å². The van der Waals surface area contributed by atoms with E-state index in [1.807, 2.05) is 37.3 Å². The van der Waals surface area contributed by atoms with Crippen molar-refractivity contribution in [3.05, 3.63) is 35.9 Å². The van der Waals surface area contributed by atoms with Gasteiger partial charge in [0.2, 0.25) is 0 Å². The predicted octanol–water partition coefficient (Wildman–Crippen LogP) is 2.90. The molecule has 1 aliphatic carbocycles. The molecule has 16 heavy (non-hydrogen) atoms. The van der Waals surface area contributed by atoms with Gasteiger partial charge in [-0.15, -0.1) is 0 Å². The molecule has 3 heteroatoms. The summed E-state index contributed by atoms with van der Waals surface area (Å²) in [6.07, 6.45) is 0.890. The lowest BCUT2D eigenvalue weighted by Crippen LogP contribution is -2.26. The monoisotopic (exact) mass is 282 g/mol. The van der Waals surface area contributed by atoms with Crippen LogP contribution in [0.5, 0.6) is 0 Å². The third-order valence-corrected chi connectivity index (χ3v) is 4.00. The standard InChI is InChI=1S/C13H15BrO2/c1-2-16-12(15)13(8-11(13)9-14)10-6-4-3-5-7-10/h3-7,11H,2,8-9H2,1H3/t11-,13+/m0/s1. The van der Waals surface area contributed by atoms with Gasteiger partial charge >= 0.3 is 5.97 Å².